The first-order valence-electron chi connectivity index (χ1n) is 9.13. The third-order valence-electron chi connectivity index (χ3n) is 6.27. The quantitative estimate of drug-likeness (QED) is 0.493. The number of aliphatic carboxylic acids is 1. The van der Waals surface area contributed by atoms with Crippen molar-refractivity contribution in [3.63, 3.8) is 0 Å². The molecule has 158 valence electrons. The van der Waals surface area contributed by atoms with Crippen molar-refractivity contribution >= 4 is 33.2 Å². The number of hydrogen-bond donors (Lipinski definition) is 3. The molecule has 1 aromatic carbocycles. The first kappa shape index (κ1) is 21.3. The number of carbonyl (C=O) groups excluding carboxylic acids is 3. The number of aliphatic hydroxyl groups excluding tert-OH is 1. The molecule has 0 radical (unpaired) electrons. The summed E-state index contributed by atoms with van der Waals surface area (Å²) in [5.74, 6) is -2.23. The van der Waals surface area contributed by atoms with E-state index in [0.29, 0.717) is 5.56 Å². The summed E-state index contributed by atoms with van der Waals surface area (Å²) in [7, 11) is -1.45. The molecule has 2 fully saturated rings. The molecule has 2 saturated heterocycles. The van der Waals surface area contributed by atoms with Gasteiger partial charge < -0.3 is 20.8 Å². The lowest BCUT2D eigenvalue weighted by Crippen LogP contribution is -2.61. The highest BCUT2D eigenvalue weighted by molar-refractivity contribution is 8.46. The highest BCUT2D eigenvalue weighted by atomic mass is 32.3. The molecule has 9 nitrogen and oxygen atoms in total. The van der Waals surface area contributed by atoms with Gasteiger partial charge in [-0.15, -0.1) is 0 Å². The lowest BCUT2D eigenvalue weighted by atomic mass is 9.98. The first-order chi connectivity index (χ1) is 13.4. The SMILES string of the molecule is CC1(C)[C@H](C(=O)O)N2C(=O)C[C@H]2S1(CO)C(=O)[N+](C)(Cc1ccccc1)C(N)=O. The van der Waals surface area contributed by atoms with Crippen LogP contribution in [0.25, 0.3) is 0 Å². The van der Waals surface area contributed by atoms with E-state index in [4.69, 9.17) is 5.73 Å². The van der Waals surface area contributed by atoms with E-state index in [1.165, 1.54) is 11.9 Å². The van der Waals surface area contributed by atoms with Crippen LogP contribution in [-0.2, 0) is 16.1 Å². The highest BCUT2D eigenvalue weighted by Crippen LogP contribution is 2.74. The Balaban J connectivity index is 2.14. The van der Waals surface area contributed by atoms with Crippen molar-refractivity contribution in [2.75, 3.05) is 13.0 Å². The number of aliphatic hydroxyl groups is 1. The van der Waals surface area contributed by atoms with E-state index in [0.717, 1.165) is 0 Å². The molecule has 2 unspecified atom stereocenters. The summed E-state index contributed by atoms with van der Waals surface area (Å²) in [6.45, 7) is 3.13. The van der Waals surface area contributed by atoms with Gasteiger partial charge in [-0.05, 0) is 13.8 Å². The second-order valence-electron chi connectivity index (χ2n) is 8.17. The predicted molar refractivity (Wildman–Crippen MR) is 107 cm³/mol. The molecular formula is C19H26N3O6S+. The molecule has 0 saturated carbocycles. The zero-order chi connectivity index (χ0) is 21.8. The van der Waals surface area contributed by atoms with Crippen LogP contribution in [0.4, 0.5) is 9.59 Å². The van der Waals surface area contributed by atoms with E-state index < -0.39 is 53.9 Å². The van der Waals surface area contributed by atoms with Crippen molar-refractivity contribution in [1.82, 2.24) is 4.90 Å². The van der Waals surface area contributed by atoms with Crippen LogP contribution in [0.1, 0.15) is 25.8 Å². The van der Waals surface area contributed by atoms with E-state index in [2.05, 4.69) is 0 Å². The normalized spacial score (nSPS) is 31.7. The Morgan fingerprint density at radius 2 is 1.86 bits per heavy atom. The van der Waals surface area contributed by atoms with Crippen LogP contribution in [-0.4, -0.2) is 71.9 Å². The number of imide groups is 1. The summed E-state index contributed by atoms with van der Waals surface area (Å²) in [6, 6.07) is 6.71. The van der Waals surface area contributed by atoms with Gasteiger partial charge in [-0.25, -0.2) is 14.4 Å². The second-order valence-corrected chi connectivity index (χ2v) is 12.0. The minimum Gasteiger partial charge on any atom is -0.480 e. The predicted octanol–water partition coefficient (Wildman–Crippen LogP) is 1.39. The maximum atomic E-state index is 14.0. The molecule has 2 aliphatic rings. The molecule has 4 amide bonds. The van der Waals surface area contributed by atoms with E-state index in [-0.39, 0.29) is 18.9 Å². The Bertz CT molecular complexity index is 891. The van der Waals surface area contributed by atoms with Crippen molar-refractivity contribution in [3.8, 4) is 0 Å². The van der Waals surface area contributed by atoms with E-state index in [1.807, 2.05) is 0 Å². The number of fused-ring (bicyclic) bond motifs is 1. The van der Waals surface area contributed by atoms with Gasteiger partial charge in [0.2, 0.25) is 5.91 Å². The third kappa shape index (κ3) is 2.70. The monoisotopic (exact) mass is 424 g/mol. The van der Waals surface area contributed by atoms with Gasteiger partial charge in [0.25, 0.3) is 0 Å². The first-order valence-corrected chi connectivity index (χ1v) is 11.0. The van der Waals surface area contributed by atoms with Crippen LogP contribution in [0.3, 0.4) is 0 Å². The Morgan fingerprint density at radius 1 is 1.28 bits per heavy atom. The molecule has 0 aliphatic carbocycles. The van der Waals surface area contributed by atoms with Gasteiger partial charge in [0.1, 0.15) is 12.6 Å². The minimum absolute atomic E-state index is 0.0288. The summed E-state index contributed by atoms with van der Waals surface area (Å²) >= 11 is 0. The van der Waals surface area contributed by atoms with Gasteiger partial charge in [0.05, 0.1) is 24.8 Å². The van der Waals surface area contributed by atoms with Crippen molar-refractivity contribution in [2.45, 2.75) is 43.0 Å². The molecule has 0 spiro atoms. The highest BCUT2D eigenvalue weighted by Gasteiger charge is 2.74. The average molecular weight is 424 g/mol. The molecule has 4 atom stereocenters. The van der Waals surface area contributed by atoms with Gasteiger partial charge >= 0.3 is 17.2 Å². The fourth-order valence-electron chi connectivity index (χ4n) is 4.54. The molecule has 0 bridgehead atoms. The average Bonchev–Trinajstić information content (AvgIpc) is 2.82. The number of benzene rings is 1. The number of primary amides is 1. The molecule has 3 rings (SSSR count). The third-order valence-corrected chi connectivity index (χ3v) is 11.1. The van der Waals surface area contributed by atoms with Crippen LogP contribution in [0.2, 0.25) is 0 Å². The number of β-lactam (4-membered cyclic amide) rings is 1. The lowest BCUT2D eigenvalue weighted by Gasteiger charge is -2.50. The molecular weight excluding hydrogens is 398 g/mol. The maximum absolute atomic E-state index is 14.0. The topological polar surface area (TPSA) is 138 Å². The summed E-state index contributed by atoms with van der Waals surface area (Å²) in [6.07, 6.45) is -0.0288. The molecule has 0 aromatic heterocycles. The fraction of sp³-hybridized carbons (Fsp3) is 0.474. The Kier molecular flexibility index (Phi) is 5.01. The van der Waals surface area contributed by atoms with Crippen LogP contribution >= 0.6 is 10.0 Å². The standard InChI is InChI=1S/C19H25N3O6S/c1-19(2)15(16(25)26)21-13(24)9-14(21)29(19,11-23)18(28)22(3,17(20)27)10-12-7-5-4-6-8-12/h4-8,14-15,23H,9-11H2,1-3H3,(H2-,20,25,26,27)/p+1/t14-,15+,22?/m1/s1. The van der Waals surface area contributed by atoms with E-state index in [9.17, 15) is 29.4 Å². The Labute approximate surface area is 170 Å². The fourth-order valence-corrected chi connectivity index (χ4v) is 9.08. The number of hydrogen-bond acceptors (Lipinski definition) is 5. The summed E-state index contributed by atoms with van der Waals surface area (Å²) < 4.78 is -2.05. The number of quaternary nitrogens is 1. The van der Waals surface area contributed by atoms with Gasteiger partial charge in [-0.1, -0.05) is 40.4 Å². The summed E-state index contributed by atoms with van der Waals surface area (Å²) in [4.78, 5) is 51.8. The summed E-state index contributed by atoms with van der Waals surface area (Å²) in [5.41, 5.74) is 6.35. The van der Waals surface area contributed by atoms with Gasteiger partial charge in [0, 0.05) is 10.3 Å². The zero-order valence-electron chi connectivity index (χ0n) is 16.6. The Morgan fingerprint density at radius 3 is 2.28 bits per heavy atom. The molecule has 4 N–H and O–H groups in total. The van der Waals surface area contributed by atoms with Crippen molar-refractivity contribution in [2.24, 2.45) is 5.73 Å². The van der Waals surface area contributed by atoms with Crippen molar-refractivity contribution < 1.29 is 33.9 Å². The molecule has 29 heavy (non-hydrogen) atoms. The number of rotatable bonds is 4. The maximum Gasteiger partial charge on any atom is 0.422 e. The minimum atomic E-state index is -2.83. The van der Waals surface area contributed by atoms with Crippen LogP contribution < -0.4 is 5.73 Å². The smallest absolute Gasteiger partial charge is 0.422 e. The van der Waals surface area contributed by atoms with Gasteiger partial charge in [0.15, 0.2) is 0 Å². The van der Waals surface area contributed by atoms with Crippen molar-refractivity contribution in [3.05, 3.63) is 35.9 Å². The number of carboxylic acid groups (broad SMARTS) is 1. The molecule has 2 heterocycles. The summed E-state index contributed by atoms with van der Waals surface area (Å²) in [5, 5.41) is 18.9. The number of amides is 4. The van der Waals surface area contributed by atoms with Crippen LogP contribution in [0, 0.1) is 0 Å². The Hall–Kier alpha value is -2.43. The van der Waals surface area contributed by atoms with Crippen LogP contribution in [0.15, 0.2) is 30.3 Å². The number of nitrogens with zero attached hydrogens (tertiary/aromatic N) is 2. The zero-order valence-corrected chi connectivity index (χ0v) is 17.4. The van der Waals surface area contributed by atoms with Crippen molar-refractivity contribution in [1.29, 1.82) is 0 Å². The number of carboxylic acids is 1. The number of nitrogens with two attached hydrogens (primary N) is 1. The molecule has 1 aromatic rings. The number of carbonyl (C=O) groups is 4. The largest absolute Gasteiger partial charge is 0.480 e. The second kappa shape index (κ2) is 6.82. The van der Waals surface area contributed by atoms with E-state index >= 15 is 0 Å². The molecule has 10 heteroatoms. The van der Waals surface area contributed by atoms with Crippen LogP contribution in [0.5, 0.6) is 0 Å². The van der Waals surface area contributed by atoms with Gasteiger partial charge in [-0.2, -0.15) is 4.48 Å². The lowest BCUT2D eigenvalue weighted by molar-refractivity contribution is -0.752. The number of urea groups is 1. The van der Waals surface area contributed by atoms with Gasteiger partial charge in [-0.3, -0.25) is 4.79 Å². The van der Waals surface area contributed by atoms with E-state index in [1.54, 1.807) is 44.2 Å². The molecule has 2 aliphatic heterocycles.